The highest BCUT2D eigenvalue weighted by Crippen LogP contribution is 2.38. The molecule has 3 aliphatic heterocycles. The topological polar surface area (TPSA) is 114 Å². The summed E-state index contributed by atoms with van der Waals surface area (Å²) in [5, 5.41) is 17.9. The van der Waals surface area contributed by atoms with Gasteiger partial charge in [0, 0.05) is 24.3 Å². The predicted molar refractivity (Wildman–Crippen MR) is 125 cm³/mol. The molecular formula is C24H26BrN5O4S. The van der Waals surface area contributed by atoms with E-state index in [-0.39, 0.29) is 47.4 Å². The number of hydrogen-bond donors (Lipinski definition) is 2. The molecule has 35 heavy (non-hydrogen) atoms. The second-order valence-corrected chi connectivity index (χ2v) is 9.79. The van der Waals surface area contributed by atoms with Crippen LogP contribution in [0.5, 0.6) is 0 Å². The molecule has 0 spiro atoms. The first-order valence-corrected chi connectivity index (χ1v) is 12.2. The number of esters is 1. The highest BCUT2D eigenvalue weighted by molar-refractivity contribution is 7.08. The number of anilines is 1. The molecule has 3 aromatic rings. The van der Waals surface area contributed by atoms with Crippen LogP contribution in [0.2, 0.25) is 0 Å². The number of amides is 1. The third-order valence-electron chi connectivity index (χ3n) is 6.95. The van der Waals surface area contributed by atoms with Gasteiger partial charge in [0.25, 0.3) is 5.91 Å². The number of nitrogens with one attached hydrogen (secondary N) is 1. The summed E-state index contributed by atoms with van der Waals surface area (Å²) in [6.07, 6.45) is 4.02. The van der Waals surface area contributed by atoms with E-state index in [0.717, 1.165) is 25.9 Å². The van der Waals surface area contributed by atoms with Crippen LogP contribution in [0.25, 0.3) is 0 Å². The third kappa shape index (κ3) is 5.13. The van der Waals surface area contributed by atoms with Crippen LogP contribution in [0.3, 0.4) is 0 Å². The minimum absolute atomic E-state index is 0. The second kappa shape index (κ2) is 10.5. The number of carbonyl (C=O) groups excluding carboxylic acids is 2. The number of benzene rings is 1. The third-order valence-corrected chi connectivity index (χ3v) is 7.63. The number of hydrogen-bond acceptors (Lipinski definition) is 8. The average Bonchev–Trinajstić information content (AvgIpc) is 3.40. The van der Waals surface area contributed by atoms with Crippen LogP contribution in [-0.4, -0.2) is 68.7 Å². The van der Waals surface area contributed by atoms with Crippen molar-refractivity contribution in [3.63, 3.8) is 0 Å². The van der Waals surface area contributed by atoms with Crippen LogP contribution in [-0.2, 0) is 19.9 Å². The molecule has 3 aliphatic rings. The number of piperidine rings is 3. The molecule has 5 heterocycles. The summed E-state index contributed by atoms with van der Waals surface area (Å²) < 4.78 is 6.56. The van der Waals surface area contributed by atoms with E-state index in [2.05, 4.69) is 20.3 Å². The minimum Gasteiger partial charge on any atom is -1.00 e. The number of thiophene rings is 1. The molecular weight excluding hydrogens is 534 g/mol. The van der Waals surface area contributed by atoms with Crippen LogP contribution in [0.4, 0.5) is 5.95 Å². The molecule has 11 heteroatoms. The van der Waals surface area contributed by atoms with Crippen LogP contribution in [0, 0.1) is 5.92 Å². The SMILES string of the molecule is O=C(C[N+]12CCC(CC1)[C@@H](OC(=O)C(O)(c1ccccc1)c1ccsc1)C2)Nc1ncncn1.[Br-]. The zero-order valence-corrected chi connectivity index (χ0v) is 21.3. The lowest BCUT2D eigenvalue weighted by Crippen LogP contribution is -3.00. The van der Waals surface area contributed by atoms with E-state index < -0.39 is 11.6 Å². The maximum atomic E-state index is 13.5. The van der Waals surface area contributed by atoms with Crippen LogP contribution in [0.1, 0.15) is 24.0 Å². The molecule has 3 fully saturated rings. The van der Waals surface area contributed by atoms with Gasteiger partial charge in [0.2, 0.25) is 11.5 Å². The van der Waals surface area contributed by atoms with Crippen molar-refractivity contribution in [1.29, 1.82) is 0 Å². The molecule has 184 valence electrons. The summed E-state index contributed by atoms with van der Waals surface area (Å²) >= 11 is 1.41. The van der Waals surface area contributed by atoms with Gasteiger partial charge in [0.1, 0.15) is 19.2 Å². The van der Waals surface area contributed by atoms with Crippen molar-refractivity contribution in [1.82, 2.24) is 15.0 Å². The van der Waals surface area contributed by atoms with Gasteiger partial charge in [0.15, 0.2) is 12.6 Å². The van der Waals surface area contributed by atoms with Crippen LogP contribution in [0.15, 0.2) is 59.8 Å². The Hall–Kier alpha value is -2.73. The van der Waals surface area contributed by atoms with E-state index in [1.165, 1.54) is 24.0 Å². The van der Waals surface area contributed by atoms with E-state index in [1.54, 1.807) is 35.7 Å². The van der Waals surface area contributed by atoms with Crippen molar-refractivity contribution >= 4 is 29.2 Å². The summed E-state index contributed by atoms with van der Waals surface area (Å²) in [5.74, 6) is -0.422. The Morgan fingerprint density at radius 1 is 1.11 bits per heavy atom. The summed E-state index contributed by atoms with van der Waals surface area (Å²) in [5.41, 5.74) is -0.912. The van der Waals surface area contributed by atoms with E-state index in [9.17, 15) is 14.7 Å². The molecule has 6 rings (SSSR count). The lowest BCUT2D eigenvalue weighted by molar-refractivity contribution is -0.939. The van der Waals surface area contributed by atoms with Crippen LogP contribution >= 0.6 is 11.3 Å². The number of rotatable bonds is 7. The van der Waals surface area contributed by atoms with E-state index in [0.29, 0.717) is 22.2 Å². The number of aliphatic hydroxyl groups is 1. The molecule has 0 radical (unpaired) electrons. The normalized spacial score (nSPS) is 24.6. The smallest absolute Gasteiger partial charge is 0.348 e. The van der Waals surface area contributed by atoms with Gasteiger partial charge in [-0.15, -0.1) is 0 Å². The summed E-state index contributed by atoms with van der Waals surface area (Å²) in [4.78, 5) is 37.9. The average molecular weight is 560 g/mol. The Morgan fingerprint density at radius 2 is 1.83 bits per heavy atom. The molecule has 1 unspecified atom stereocenters. The fourth-order valence-electron chi connectivity index (χ4n) is 5.12. The highest BCUT2D eigenvalue weighted by atomic mass is 79.9. The first kappa shape index (κ1) is 25.4. The summed E-state index contributed by atoms with van der Waals surface area (Å²) in [6.45, 7) is 2.48. The molecule has 9 nitrogen and oxygen atoms in total. The molecule has 2 aromatic heterocycles. The fraction of sp³-hybridized carbons (Fsp3) is 0.375. The fourth-order valence-corrected chi connectivity index (χ4v) is 5.82. The molecule has 2 atom stereocenters. The standard InChI is InChI=1S/C24H25N5O4S.BrH/c30-21(28-23-26-15-25-16-27-23)13-29-9-6-17(7-10-29)20(12-29)33-22(31)24(32,19-8-11-34-14-19)18-4-2-1-3-5-18;/h1-5,8,11,14-17,20,32H,6-7,9-10,12-13H2;1H/t17?,20-,24?,29?;/m0./s1. The van der Waals surface area contributed by atoms with Gasteiger partial charge in [-0.2, -0.15) is 11.3 Å². The van der Waals surface area contributed by atoms with Gasteiger partial charge >= 0.3 is 5.97 Å². The minimum atomic E-state index is -1.88. The number of ether oxygens (including phenoxy) is 1. The first-order chi connectivity index (χ1) is 16.5. The van der Waals surface area contributed by atoms with Gasteiger partial charge in [-0.25, -0.2) is 19.7 Å². The van der Waals surface area contributed by atoms with E-state index >= 15 is 0 Å². The van der Waals surface area contributed by atoms with Gasteiger partial charge in [-0.1, -0.05) is 30.3 Å². The quantitative estimate of drug-likeness (QED) is 0.281. The molecule has 2 bridgehead atoms. The lowest BCUT2D eigenvalue weighted by Gasteiger charge is -2.51. The first-order valence-electron chi connectivity index (χ1n) is 11.3. The van der Waals surface area contributed by atoms with E-state index in [1.807, 2.05) is 11.4 Å². The number of halogens is 1. The molecule has 1 aromatic carbocycles. The number of carbonyl (C=O) groups is 2. The molecule has 0 aliphatic carbocycles. The van der Waals surface area contributed by atoms with Crippen molar-refractivity contribution in [2.45, 2.75) is 24.5 Å². The van der Waals surface area contributed by atoms with Gasteiger partial charge in [-0.3, -0.25) is 10.1 Å². The number of nitrogens with zero attached hydrogens (tertiary/aromatic N) is 4. The number of quaternary nitrogens is 1. The summed E-state index contributed by atoms with van der Waals surface area (Å²) in [6, 6.07) is 10.6. The Balaban J connectivity index is 0.00000289. The second-order valence-electron chi connectivity index (χ2n) is 9.01. The maximum absolute atomic E-state index is 13.5. The van der Waals surface area contributed by atoms with Crippen molar-refractivity contribution in [3.8, 4) is 0 Å². The zero-order chi connectivity index (χ0) is 23.6. The van der Waals surface area contributed by atoms with Gasteiger partial charge in [0.05, 0.1) is 13.1 Å². The Labute approximate surface area is 217 Å². The zero-order valence-electron chi connectivity index (χ0n) is 18.9. The van der Waals surface area contributed by atoms with Crippen molar-refractivity contribution in [2.75, 3.05) is 31.5 Å². The Kier molecular flexibility index (Phi) is 7.60. The summed E-state index contributed by atoms with van der Waals surface area (Å²) in [7, 11) is 0. The van der Waals surface area contributed by atoms with Crippen LogP contribution < -0.4 is 22.3 Å². The highest BCUT2D eigenvalue weighted by Gasteiger charge is 2.51. The molecule has 3 saturated heterocycles. The van der Waals surface area contributed by atoms with Crippen molar-refractivity contribution in [2.24, 2.45) is 5.92 Å². The lowest BCUT2D eigenvalue weighted by atomic mass is 9.82. The van der Waals surface area contributed by atoms with Crippen molar-refractivity contribution in [3.05, 3.63) is 70.9 Å². The predicted octanol–water partition coefficient (Wildman–Crippen LogP) is -1.04. The number of aromatic nitrogens is 3. The molecule has 0 saturated carbocycles. The molecule has 2 N–H and O–H groups in total. The molecule has 1 amide bonds. The monoisotopic (exact) mass is 559 g/mol. The van der Waals surface area contributed by atoms with E-state index in [4.69, 9.17) is 4.74 Å². The Morgan fingerprint density at radius 3 is 2.49 bits per heavy atom. The number of fused-ring (bicyclic) bond motifs is 3. The van der Waals surface area contributed by atoms with Crippen molar-refractivity contribution < 1.29 is 40.9 Å². The van der Waals surface area contributed by atoms with Gasteiger partial charge < -0.3 is 31.3 Å². The Bertz CT molecular complexity index is 1140. The maximum Gasteiger partial charge on any atom is 0.348 e. The van der Waals surface area contributed by atoms with Gasteiger partial charge in [-0.05, 0) is 22.4 Å². The largest absolute Gasteiger partial charge is 1.00 e.